The fourth-order valence-corrected chi connectivity index (χ4v) is 9.19. The molecule has 246 valence electrons. The van der Waals surface area contributed by atoms with Crippen LogP contribution < -0.4 is 0 Å². The summed E-state index contributed by atoms with van der Waals surface area (Å²) in [5, 5.41) is 17.4. The van der Waals surface area contributed by atoms with Gasteiger partial charge >= 0.3 is 0 Å². The highest BCUT2D eigenvalue weighted by molar-refractivity contribution is 7.26. The summed E-state index contributed by atoms with van der Waals surface area (Å²) in [6.07, 6.45) is 0. The van der Waals surface area contributed by atoms with Crippen molar-refractivity contribution in [3.8, 4) is 45.7 Å². The molecule has 0 saturated carbocycles. The maximum Gasteiger partial charge on any atom is 0.164 e. The van der Waals surface area contributed by atoms with Gasteiger partial charge in [-0.05, 0) is 30.3 Å². The Morgan fingerprint density at radius 3 is 1.92 bits per heavy atom. The molecule has 4 heterocycles. The van der Waals surface area contributed by atoms with Crippen LogP contribution in [0, 0.1) is 11.3 Å². The van der Waals surface area contributed by atoms with Crippen LogP contribution >= 0.6 is 11.3 Å². The number of thiophene rings is 1. The summed E-state index contributed by atoms with van der Waals surface area (Å²) in [5.74, 6) is 0.492. The number of aromatic nitrogens is 3. The normalized spacial score (nSPS) is 11.8. The maximum absolute atomic E-state index is 10.5. The largest absolute Gasteiger partial charge is 0.455 e. The van der Waals surface area contributed by atoms with E-state index < -0.39 is 0 Å². The molecule has 0 N–H and O–H groups in total. The van der Waals surface area contributed by atoms with Gasteiger partial charge in [0.05, 0.1) is 43.8 Å². The van der Waals surface area contributed by atoms with Crippen molar-refractivity contribution in [3.63, 3.8) is 0 Å². The standard InChI is InChI=1S/C47H26N4OS/c48-27-36-42(28-13-3-1-4-14-28)49-47(50-43(36)29-15-5-2-6-16-29)35-25-26-38(41-34-19-8-11-21-39(34)52-45(35)41)51-37-20-10-7-17-30(37)32-23-24-33-31-18-9-12-22-40(31)53-46(33)44(32)51/h1-26H. The monoisotopic (exact) mass is 694 g/mol. The SMILES string of the molecule is N#Cc1c(-c2ccccc2)nc(-c2ccc(-n3c4ccccc4c4ccc5c6ccccc6sc5c43)c3c2oc2ccccc23)nc1-c1ccccc1. The molecule has 0 spiro atoms. The molecule has 0 bridgehead atoms. The molecule has 4 aromatic heterocycles. The first kappa shape index (κ1) is 29.6. The van der Waals surface area contributed by atoms with Crippen LogP contribution in [-0.2, 0) is 0 Å². The van der Waals surface area contributed by atoms with E-state index in [1.54, 1.807) is 0 Å². The number of hydrogen-bond donors (Lipinski definition) is 0. The molecular weight excluding hydrogens is 669 g/mol. The molecule has 11 rings (SSSR count). The van der Waals surface area contributed by atoms with Crippen molar-refractivity contribution in [1.29, 1.82) is 5.26 Å². The Morgan fingerprint density at radius 1 is 0.566 bits per heavy atom. The molecule has 0 atom stereocenters. The van der Waals surface area contributed by atoms with Gasteiger partial charge < -0.3 is 8.98 Å². The molecule has 0 saturated heterocycles. The minimum absolute atomic E-state index is 0.432. The minimum atomic E-state index is 0.432. The van der Waals surface area contributed by atoms with E-state index in [0.717, 1.165) is 44.2 Å². The van der Waals surface area contributed by atoms with E-state index in [9.17, 15) is 5.26 Å². The fourth-order valence-electron chi connectivity index (χ4n) is 7.95. The topological polar surface area (TPSA) is 67.6 Å². The first-order chi connectivity index (χ1) is 26.3. The summed E-state index contributed by atoms with van der Waals surface area (Å²) in [6, 6.07) is 56.5. The van der Waals surface area contributed by atoms with Gasteiger partial charge in [-0.1, -0.05) is 127 Å². The molecule has 53 heavy (non-hydrogen) atoms. The molecule has 7 aromatic carbocycles. The molecule has 11 aromatic rings. The number of fused-ring (bicyclic) bond motifs is 10. The molecule has 0 amide bonds. The number of hydrogen-bond acceptors (Lipinski definition) is 5. The van der Waals surface area contributed by atoms with Gasteiger partial charge in [-0.15, -0.1) is 11.3 Å². The Hall–Kier alpha value is -7.07. The van der Waals surface area contributed by atoms with Gasteiger partial charge in [0.25, 0.3) is 0 Å². The van der Waals surface area contributed by atoms with Crippen LogP contribution in [0.25, 0.3) is 104 Å². The third-order valence-corrected chi connectivity index (χ3v) is 11.5. The van der Waals surface area contributed by atoms with Crippen molar-refractivity contribution >= 4 is 75.3 Å². The van der Waals surface area contributed by atoms with Crippen molar-refractivity contribution in [2.45, 2.75) is 0 Å². The minimum Gasteiger partial charge on any atom is -0.455 e. The van der Waals surface area contributed by atoms with Gasteiger partial charge in [0.15, 0.2) is 5.82 Å². The highest BCUT2D eigenvalue weighted by Gasteiger charge is 2.25. The summed E-state index contributed by atoms with van der Waals surface area (Å²) >= 11 is 1.84. The van der Waals surface area contributed by atoms with Crippen molar-refractivity contribution in [2.24, 2.45) is 0 Å². The van der Waals surface area contributed by atoms with Crippen LogP contribution in [0.3, 0.4) is 0 Å². The molecule has 0 unspecified atom stereocenters. The summed E-state index contributed by atoms with van der Waals surface area (Å²) in [7, 11) is 0. The lowest BCUT2D eigenvalue weighted by Crippen LogP contribution is -2.02. The van der Waals surface area contributed by atoms with E-state index in [-0.39, 0.29) is 0 Å². The van der Waals surface area contributed by atoms with Crippen LogP contribution in [0.4, 0.5) is 0 Å². The predicted molar refractivity (Wildman–Crippen MR) is 218 cm³/mol. The van der Waals surface area contributed by atoms with Crippen LogP contribution in [0.1, 0.15) is 5.56 Å². The summed E-state index contributed by atoms with van der Waals surface area (Å²) in [6.45, 7) is 0. The Bertz CT molecular complexity index is 3230. The molecule has 0 radical (unpaired) electrons. The van der Waals surface area contributed by atoms with E-state index in [1.165, 1.54) is 36.5 Å². The Kier molecular flexibility index (Phi) is 6.42. The second-order valence-corrected chi connectivity index (χ2v) is 14.2. The summed E-state index contributed by atoms with van der Waals surface area (Å²) in [5.41, 5.74) is 8.85. The smallest absolute Gasteiger partial charge is 0.164 e. The lowest BCUT2D eigenvalue weighted by molar-refractivity contribution is 0.669. The lowest BCUT2D eigenvalue weighted by Gasteiger charge is -2.14. The number of benzene rings is 7. The molecule has 0 aliphatic heterocycles. The number of para-hydroxylation sites is 2. The first-order valence-electron chi connectivity index (χ1n) is 17.5. The van der Waals surface area contributed by atoms with E-state index in [4.69, 9.17) is 14.4 Å². The number of nitriles is 1. The van der Waals surface area contributed by atoms with Gasteiger partial charge in [0, 0.05) is 42.8 Å². The summed E-state index contributed by atoms with van der Waals surface area (Å²) < 4.78 is 11.8. The van der Waals surface area contributed by atoms with Gasteiger partial charge in [-0.2, -0.15) is 5.26 Å². The first-order valence-corrected chi connectivity index (χ1v) is 18.3. The van der Waals surface area contributed by atoms with E-state index in [1.807, 2.05) is 84.1 Å². The Morgan fingerprint density at radius 2 is 1.19 bits per heavy atom. The van der Waals surface area contributed by atoms with Gasteiger partial charge in [-0.25, -0.2) is 9.97 Å². The van der Waals surface area contributed by atoms with Crippen molar-refractivity contribution in [2.75, 3.05) is 0 Å². The number of furan rings is 1. The average Bonchev–Trinajstić information content (AvgIpc) is 3.91. The Balaban J connectivity index is 1.27. The quantitative estimate of drug-likeness (QED) is 0.184. The van der Waals surface area contributed by atoms with Gasteiger partial charge in [-0.3, -0.25) is 0 Å². The zero-order valence-electron chi connectivity index (χ0n) is 28.1. The van der Waals surface area contributed by atoms with Crippen molar-refractivity contribution in [1.82, 2.24) is 14.5 Å². The third kappa shape index (κ3) is 4.35. The third-order valence-electron chi connectivity index (χ3n) is 10.3. The zero-order chi connectivity index (χ0) is 35.0. The molecule has 6 heteroatoms. The fraction of sp³-hybridized carbons (Fsp3) is 0. The number of rotatable bonds is 4. The van der Waals surface area contributed by atoms with E-state index >= 15 is 0 Å². The molecule has 5 nitrogen and oxygen atoms in total. The average molecular weight is 695 g/mol. The van der Waals surface area contributed by atoms with E-state index in [0.29, 0.717) is 28.4 Å². The van der Waals surface area contributed by atoms with Crippen LogP contribution in [-0.4, -0.2) is 14.5 Å². The van der Waals surface area contributed by atoms with E-state index in [2.05, 4.69) is 95.6 Å². The van der Waals surface area contributed by atoms with Crippen LogP contribution in [0.2, 0.25) is 0 Å². The second-order valence-electron chi connectivity index (χ2n) is 13.2. The number of nitrogens with zero attached hydrogens (tertiary/aromatic N) is 4. The van der Waals surface area contributed by atoms with Crippen LogP contribution in [0.5, 0.6) is 0 Å². The second kappa shape index (κ2) is 11.5. The molecular formula is C47H26N4OS. The Labute approximate surface area is 307 Å². The van der Waals surface area contributed by atoms with Crippen molar-refractivity contribution < 1.29 is 4.42 Å². The zero-order valence-corrected chi connectivity index (χ0v) is 28.9. The molecule has 0 fully saturated rings. The predicted octanol–water partition coefficient (Wildman–Crippen LogP) is 12.7. The molecule has 0 aliphatic rings. The maximum atomic E-state index is 10.5. The highest BCUT2D eigenvalue weighted by atomic mass is 32.1. The van der Waals surface area contributed by atoms with Crippen LogP contribution in [0.15, 0.2) is 162 Å². The lowest BCUT2D eigenvalue weighted by atomic mass is 9.99. The summed E-state index contributed by atoms with van der Waals surface area (Å²) in [4.78, 5) is 10.3. The molecule has 0 aliphatic carbocycles. The highest BCUT2D eigenvalue weighted by Crippen LogP contribution is 2.46. The van der Waals surface area contributed by atoms with Crippen molar-refractivity contribution in [3.05, 3.63) is 163 Å². The van der Waals surface area contributed by atoms with Gasteiger partial charge in [0.1, 0.15) is 22.8 Å². The van der Waals surface area contributed by atoms with Gasteiger partial charge in [0.2, 0.25) is 0 Å².